The van der Waals surface area contributed by atoms with E-state index in [0.29, 0.717) is 24.6 Å². The van der Waals surface area contributed by atoms with Crippen molar-refractivity contribution in [2.24, 2.45) is 0 Å². The zero-order valence-electron chi connectivity index (χ0n) is 12.7. The number of carbonyl (C=O) groups excluding carboxylic acids is 1. The smallest absolute Gasteiger partial charge is 0.290 e. The number of halogens is 1. The third-order valence-electron chi connectivity index (χ3n) is 3.05. The number of amides is 1. The number of benzene rings is 1. The van der Waals surface area contributed by atoms with Crippen molar-refractivity contribution >= 4 is 5.91 Å². The quantitative estimate of drug-likeness (QED) is 0.696. The van der Waals surface area contributed by atoms with E-state index in [0.717, 1.165) is 0 Å². The van der Waals surface area contributed by atoms with Crippen molar-refractivity contribution in [3.8, 4) is 5.75 Å². The van der Waals surface area contributed by atoms with Crippen molar-refractivity contribution in [3.63, 3.8) is 0 Å². The maximum atomic E-state index is 12.8. The molecule has 2 aromatic rings. The maximum Gasteiger partial charge on any atom is 0.290 e. The number of nitrogens with zero attached hydrogens (tertiary/aromatic N) is 1. The molecule has 1 amide bonds. The van der Waals surface area contributed by atoms with Gasteiger partial charge < -0.3 is 14.1 Å². The summed E-state index contributed by atoms with van der Waals surface area (Å²) in [5.74, 6) is 0.697. The molecule has 2 rings (SSSR count). The molecular weight excluding hydrogens is 297 g/mol. The van der Waals surface area contributed by atoms with E-state index in [2.05, 4.69) is 13.2 Å². The molecule has 0 aliphatic rings. The summed E-state index contributed by atoms with van der Waals surface area (Å²) in [5, 5.41) is 0. The number of hydrogen-bond acceptors (Lipinski definition) is 3. The van der Waals surface area contributed by atoms with Gasteiger partial charge in [0.05, 0.1) is 0 Å². The first-order valence-electron chi connectivity index (χ1n) is 7.12. The first-order chi connectivity index (χ1) is 11.1. The minimum atomic E-state index is -0.326. The Hall–Kier alpha value is -2.82. The van der Waals surface area contributed by atoms with E-state index < -0.39 is 0 Å². The second-order valence-electron chi connectivity index (χ2n) is 4.80. The Bertz CT molecular complexity index is 666. The topological polar surface area (TPSA) is 42.7 Å². The summed E-state index contributed by atoms with van der Waals surface area (Å²) in [6.07, 6.45) is 3.28. The minimum absolute atomic E-state index is 0.155. The van der Waals surface area contributed by atoms with Crippen LogP contribution in [0, 0.1) is 5.82 Å². The van der Waals surface area contributed by atoms with Gasteiger partial charge in [-0.25, -0.2) is 4.39 Å². The van der Waals surface area contributed by atoms with Crippen molar-refractivity contribution in [2.45, 2.75) is 6.61 Å². The van der Waals surface area contributed by atoms with Crippen LogP contribution in [0.5, 0.6) is 5.75 Å². The monoisotopic (exact) mass is 315 g/mol. The average Bonchev–Trinajstić information content (AvgIpc) is 3.02. The Labute approximate surface area is 134 Å². The summed E-state index contributed by atoms with van der Waals surface area (Å²) in [6, 6.07) is 8.96. The lowest BCUT2D eigenvalue weighted by Gasteiger charge is -2.17. The Morgan fingerprint density at radius 3 is 2.39 bits per heavy atom. The predicted octanol–water partition coefficient (Wildman–Crippen LogP) is 3.81. The van der Waals surface area contributed by atoms with Crippen LogP contribution in [0.15, 0.2) is 66.1 Å². The van der Waals surface area contributed by atoms with Crippen LogP contribution in [0.3, 0.4) is 0 Å². The van der Waals surface area contributed by atoms with E-state index in [1.807, 2.05) is 0 Å². The van der Waals surface area contributed by atoms with E-state index in [1.54, 1.807) is 29.2 Å². The number of hydrogen-bond donors (Lipinski definition) is 0. The van der Waals surface area contributed by atoms with Gasteiger partial charge in [0.2, 0.25) is 0 Å². The molecule has 0 aliphatic heterocycles. The van der Waals surface area contributed by atoms with Gasteiger partial charge in [-0.2, -0.15) is 0 Å². The SMILES string of the molecule is C=CCN(CC=C)C(=O)c1ccc(COc2ccc(F)cc2)o1. The highest BCUT2D eigenvalue weighted by atomic mass is 19.1. The number of carbonyl (C=O) groups is 1. The molecule has 0 spiro atoms. The van der Waals surface area contributed by atoms with Gasteiger partial charge in [0.1, 0.15) is 23.9 Å². The van der Waals surface area contributed by atoms with Crippen LogP contribution in [-0.4, -0.2) is 23.9 Å². The summed E-state index contributed by atoms with van der Waals surface area (Å²) < 4.78 is 23.8. The van der Waals surface area contributed by atoms with Gasteiger partial charge in [-0.05, 0) is 36.4 Å². The molecule has 23 heavy (non-hydrogen) atoms. The van der Waals surface area contributed by atoms with Crippen LogP contribution in [0.2, 0.25) is 0 Å². The van der Waals surface area contributed by atoms with E-state index >= 15 is 0 Å². The van der Waals surface area contributed by atoms with Crippen molar-refractivity contribution in [2.75, 3.05) is 13.1 Å². The molecule has 120 valence electrons. The molecule has 0 atom stereocenters. The standard InChI is InChI=1S/C18H18FNO3/c1-3-11-20(12-4-2)18(21)17-10-9-16(23-17)13-22-15-7-5-14(19)6-8-15/h3-10H,1-2,11-13H2. The third kappa shape index (κ3) is 4.57. The lowest BCUT2D eigenvalue weighted by atomic mass is 10.3. The van der Waals surface area contributed by atoms with Crippen LogP contribution < -0.4 is 4.74 Å². The van der Waals surface area contributed by atoms with Crippen molar-refractivity contribution in [1.82, 2.24) is 4.90 Å². The van der Waals surface area contributed by atoms with Crippen LogP contribution in [0.25, 0.3) is 0 Å². The lowest BCUT2D eigenvalue weighted by molar-refractivity contribution is 0.0755. The maximum absolute atomic E-state index is 12.8. The fraction of sp³-hybridized carbons (Fsp3) is 0.167. The number of rotatable bonds is 8. The summed E-state index contributed by atoms with van der Waals surface area (Å²) in [7, 11) is 0. The normalized spacial score (nSPS) is 10.1. The number of furan rings is 1. The van der Waals surface area contributed by atoms with Gasteiger partial charge in [-0.15, -0.1) is 13.2 Å². The lowest BCUT2D eigenvalue weighted by Crippen LogP contribution is -2.30. The van der Waals surface area contributed by atoms with Crippen LogP contribution in [0.1, 0.15) is 16.3 Å². The van der Waals surface area contributed by atoms with Crippen molar-refractivity contribution in [1.29, 1.82) is 0 Å². The van der Waals surface area contributed by atoms with Gasteiger partial charge in [0.15, 0.2) is 5.76 Å². The van der Waals surface area contributed by atoms with Crippen LogP contribution in [0.4, 0.5) is 4.39 Å². The highest BCUT2D eigenvalue weighted by Gasteiger charge is 2.17. The molecule has 0 saturated carbocycles. The highest BCUT2D eigenvalue weighted by Crippen LogP contribution is 2.16. The zero-order chi connectivity index (χ0) is 16.7. The minimum Gasteiger partial charge on any atom is -0.486 e. The highest BCUT2D eigenvalue weighted by molar-refractivity contribution is 5.91. The fourth-order valence-electron chi connectivity index (χ4n) is 1.96. The van der Waals surface area contributed by atoms with E-state index in [1.165, 1.54) is 24.3 Å². The third-order valence-corrected chi connectivity index (χ3v) is 3.05. The van der Waals surface area contributed by atoms with E-state index in [4.69, 9.17) is 9.15 Å². The second kappa shape index (κ2) is 7.98. The number of ether oxygens (including phenoxy) is 1. The predicted molar refractivity (Wildman–Crippen MR) is 85.7 cm³/mol. The zero-order valence-corrected chi connectivity index (χ0v) is 12.7. The Kier molecular flexibility index (Phi) is 5.74. The summed E-state index contributed by atoms with van der Waals surface area (Å²) >= 11 is 0. The van der Waals surface area contributed by atoms with Crippen molar-refractivity contribution < 1.29 is 18.3 Å². The largest absolute Gasteiger partial charge is 0.486 e. The fourth-order valence-corrected chi connectivity index (χ4v) is 1.96. The molecule has 1 aromatic heterocycles. The summed E-state index contributed by atoms with van der Waals surface area (Å²) in [6.45, 7) is 8.23. The molecular formula is C18H18FNO3. The molecule has 0 radical (unpaired) electrons. The molecule has 1 heterocycles. The van der Waals surface area contributed by atoms with Crippen LogP contribution >= 0.6 is 0 Å². The van der Waals surface area contributed by atoms with Crippen LogP contribution in [-0.2, 0) is 6.61 Å². The second-order valence-corrected chi connectivity index (χ2v) is 4.80. The van der Waals surface area contributed by atoms with Crippen molar-refractivity contribution in [3.05, 3.63) is 79.0 Å². The van der Waals surface area contributed by atoms with Gasteiger partial charge in [0, 0.05) is 13.1 Å². The first kappa shape index (κ1) is 16.5. The molecule has 0 saturated heterocycles. The molecule has 0 N–H and O–H groups in total. The van der Waals surface area contributed by atoms with Gasteiger partial charge in [-0.1, -0.05) is 12.2 Å². The molecule has 0 fully saturated rings. The van der Waals surface area contributed by atoms with E-state index in [9.17, 15) is 9.18 Å². The molecule has 0 unspecified atom stereocenters. The molecule has 4 nitrogen and oxygen atoms in total. The Balaban J connectivity index is 1.98. The molecule has 0 aliphatic carbocycles. The Morgan fingerprint density at radius 2 is 1.78 bits per heavy atom. The molecule has 5 heteroatoms. The average molecular weight is 315 g/mol. The van der Waals surface area contributed by atoms with E-state index in [-0.39, 0.29) is 24.1 Å². The molecule has 0 bridgehead atoms. The molecule has 1 aromatic carbocycles. The van der Waals surface area contributed by atoms with Gasteiger partial charge >= 0.3 is 0 Å². The Morgan fingerprint density at radius 1 is 1.13 bits per heavy atom. The summed E-state index contributed by atoms with van der Waals surface area (Å²) in [4.78, 5) is 13.9. The van der Waals surface area contributed by atoms with Gasteiger partial charge in [-0.3, -0.25) is 4.79 Å². The van der Waals surface area contributed by atoms with Gasteiger partial charge in [0.25, 0.3) is 5.91 Å². The summed E-state index contributed by atoms with van der Waals surface area (Å²) in [5.41, 5.74) is 0. The first-order valence-corrected chi connectivity index (χ1v) is 7.12.